The predicted molar refractivity (Wildman–Crippen MR) is 79.3 cm³/mol. The summed E-state index contributed by atoms with van der Waals surface area (Å²) in [5.74, 6) is -0.243. The number of Topliss-reactive ketones (excluding diaryl/α,β-unsaturated/α-hetero) is 1. The van der Waals surface area contributed by atoms with Gasteiger partial charge in [0, 0.05) is 21.2 Å². The third-order valence-electron chi connectivity index (χ3n) is 3.15. The number of H-pyrrole nitrogens is 1. The second-order valence-electron chi connectivity index (χ2n) is 4.52. The number of nitrogens with zero attached hydrogens (tertiary/aromatic N) is 1. The van der Waals surface area contributed by atoms with Crippen LogP contribution >= 0.6 is 15.9 Å². The number of carbonyl (C=O) groups excluding carboxylic acids is 1. The molecule has 2 rings (SSSR count). The van der Waals surface area contributed by atoms with Crippen molar-refractivity contribution in [2.24, 2.45) is 0 Å². The van der Waals surface area contributed by atoms with Crippen LogP contribution in [-0.4, -0.2) is 15.6 Å². The van der Waals surface area contributed by atoms with Crippen LogP contribution in [0.15, 0.2) is 38.3 Å². The van der Waals surface area contributed by atoms with Gasteiger partial charge in [0.15, 0.2) is 5.78 Å². The molecule has 104 valence electrons. The highest BCUT2D eigenvalue weighted by Crippen LogP contribution is 2.12. The van der Waals surface area contributed by atoms with E-state index in [0.29, 0.717) is 16.7 Å². The Morgan fingerprint density at radius 2 is 1.95 bits per heavy atom. The van der Waals surface area contributed by atoms with Gasteiger partial charge in [-0.2, -0.15) is 0 Å². The smallest absolute Gasteiger partial charge is 0.268 e. The van der Waals surface area contributed by atoms with E-state index in [0.717, 1.165) is 9.15 Å². The molecule has 0 aliphatic carbocycles. The van der Waals surface area contributed by atoms with E-state index in [-0.39, 0.29) is 23.4 Å². The molecule has 0 unspecified atom stereocenters. The number of hydrogen-bond acceptors (Lipinski definition) is 3. The van der Waals surface area contributed by atoms with Crippen molar-refractivity contribution in [2.45, 2.75) is 20.4 Å². The Morgan fingerprint density at radius 1 is 1.25 bits per heavy atom. The molecule has 0 radical (unpaired) electrons. The van der Waals surface area contributed by atoms with Gasteiger partial charge < -0.3 is 0 Å². The van der Waals surface area contributed by atoms with Gasteiger partial charge in [-0.25, -0.2) is 4.68 Å². The van der Waals surface area contributed by atoms with Crippen LogP contribution in [0.5, 0.6) is 0 Å². The molecule has 0 amide bonds. The van der Waals surface area contributed by atoms with E-state index in [9.17, 15) is 14.4 Å². The Kier molecular flexibility index (Phi) is 4.04. The standard InChI is InChI=1S/C14H13BrN2O3/c1-8-9(2)14(20)17(16-13(8)19)7-12(18)10-4-3-5-11(15)6-10/h3-6H,7H2,1-2H3,(H,16,19). The molecule has 1 N–H and O–H groups in total. The normalized spacial score (nSPS) is 10.6. The third kappa shape index (κ3) is 2.80. The fourth-order valence-corrected chi connectivity index (χ4v) is 2.20. The molecule has 20 heavy (non-hydrogen) atoms. The average molecular weight is 337 g/mol. The van der Waals surface area contributed by atoms with Crippen LogP contribution < -0.4 is 11.1 Å². The van der Waals surface area contributed by atoms with Gasteiger partial charge in [-0.15, -0.1) is 0 Å². The highest BCUT2D eigenvalue weighted by atomic mass is 79.9. The number of aromatic amines is 1. The number of carbonyl (C=O) groups is 1. The van der Waals surface area contributed by atoms with Gasteiger partial charge in [-0.05, 0) is 26.0 Å². The largest absolute Gasteiger partial charge is 0.292 e. The maximum atomic E-state index is 12.1. The van der Waals surface area contributed by atoms with Crippen molar-refractivity contribution in [1.29, 1.82) is 0 Å². The number of ketones is 1. The van der Waals surface area contributed by atoms with E-state index in [2.05, 4.69) is 21.0 Å². The van der Waals surface area contributed by atoms with Crippen LogP contribution in [0, 0.1) is 13.8 Å². The van der Waals surface area contributed by atoms with E-state index in [1.54, 1.807) is 38.1 Å². The van der Waals surface area contributed by atoms with Crippen molar-refractivity contribution in [3.05, 3.63) is 66.1 Å². The van der Waals surface area contributed by atoms with Crippen molar-refractivity contribution in [1.82, 2.24) is 9.78 Å². The molecule has 0 bridgehead atoms. The first kappa shape index (κ1) is 14.5. The maximum absolute atomic E-state index is 12.1. The van der Waals surface area contributed by atoms with Gasteiger partial charge in [0.2, 0.25) is 0 Å². The molecule has 0 fully saturated rings. The lowest BCUT2D eigenvalue weighted by Crippen LogP contribution is -2.35. The summed E-state index contributed by atoms with van der Waals surface area (Å²) in [5.41, 5.74) is 0.497. The van der Waals surface area contributed by atoms with E-state index >= 15 is 0 Å². The van der Waals surface area contributed by atoms with Gasteiger partial charge in [0.25, 0.3) is 11.1 Å². The van der Waals surface area contributed by atoms with E-state index in [1.165, 1.54) is 0 Å². The SMILES string of the molecule is Cc1c(C)c(=O)n(CC(=O)c2cccc(Br)c2)[nH]c1=O. The zero-order valence-corrected chi connectivity index (χ0v) is 12.7. The van der Waals surface area contributed by atoms with E-state index < -0.39 is 0 Å². The highest BCUT2D eigenvalue weighted by molar-refractivity contribution is 9.10. The quantitative estimate of drug-likeness (QED) is 0.868. The molecule has 0 atom stereocenters. The fraction of sp³-hybridized carbons (Fsp3) is 0.214. The van der Waals surface area contributed by atoms with Gasteiger partial charge in [0.05, 0.1) is 0 Å². The van der Waals surface area contributed by atoms with Crippen molar-refractivity contribution >= 4 is 21.7 Å². The number of aromatic nitrogens is 2. The molecule has 6 heteroatoms. The molecule has 5 nitrogen and oxygen atoms in total. The Morgan fingerprint density at radius 3 is 2.60 bits per heavy atom. The Hall–Kier alpha value is -1.95. The lowest BCUT2D eigenvalue weighted by molar-refractivity contribution is 0.0965. The number of benzene rings is 1. The molecule has 1 aromatic carbocycles. The average Bonchev–Trinajstić information content (AvgIpc) is 2.42. The lowest BCUT2D eigenvalue weighted by Gasteiger charge is -2.07. The van der Waals surface area contributed by atoms with Gasteiger partial charge in [-0.3, -0.25) is 19.5 Å². The first-order chi connectivity index (χ1) is 9.40. The molecule has 2 aromatic rings. The summed E-state index contributed by atoms with van der Waals surface area (Å²) in [5, 5.41) is 2.42. The number of nitrogens with one attached hydrogen (secondary N) is 1. The van der Waals surface area contributed by atoms with E-state index in [1.807, 2.05) is 0 Å². The fourth-order valence-electron chi connectivity index (χ4n) is 1.80. The minimum Gasteiger partial charge on any atom is -0.292 e. The highest BCUT2D eigenvalue weighted by Gasteiger charge is 2.12. The molecule has 0 aliphatic heterocycles. The molecular weight excluding hydrogens is 324 g/mol. The van der Waals surface area contributed by atoms with Crippen molar-refractivity contribution in [3.63, 3.8) is 0 Å². The maximum Gasteiger partial charge on any atom is 0.268 e. The van der Waals surface area contributed by atoms with Crippen LogP contribution in [0.1, 0.15) is 21.5 Å². The minimum atomic E-state index is -0.357. The summed E-state index contributed by atoms with van der Waals surface area (Å²) < 4.78 is 1.83. The predicted octanol–water partition coefficient (Wildman–Crippen LogP) is 1.80. The van der Waals surface area contributed by atoms with Crippen LogP contribution in [-0.2, 0) is 6.54 Å². The Balaban J connectivity index is 2.39. The number of hydrogen-bond donors (Lipinski definition) is 1. The monoisotopic (exact) mass is 336 g/mol. The molecule has 1 aromatic heterocycles. The minimum absolute atomic E-state index is 0.189. The summed E-state index contributed by atoms with van der Waals surface area (Å²) in [7, 11) is 0. The second kappa shape index (κ2) is 5.58. The Bertz CT molecular complexity index is 790. The van der Waals surface area contributed by atoms with Crippen LogP contribution in [0.2, 0.25) is 0 Å². The summed E-state index contributed by atoms with van der Waals surface area (Å²) in [6.07, 6.45) is 0. The second-order valence-corrected chi connectivity index (χ2v) is 5.43. The van der Waals surface area contributed by atoms with Crippen molar-refractivity contribution in [3.8, 4) is 0 Å². The zero-order valence-electron chi connectivity index (χ0n) is 11.1. The first-order valence-electron chi connectivity index (χ1n) is 5.99. The summed E-state index contributed by atoms with van der Waals surface area (Å²) in [6, 6.07) is 6.88. The van der Waals surface area contributed by atoms with Crippen molar-refractivity contribution in [2.75, 3.05) is 0 Å². The first-order valence-corrected chi connectivity index (χ1v) is 6.78. The van der Waals surface area contributed by atoms with Crippen LogP contribution in [0.4, 0.5) is 0 Å². The summed E-state index contributed by atoms with van der Waals surface area (Å²) in [6.45, 7) is 2.97. The van der Waals surface area contributed by atoms with Crippen molar-refractivity contribution < 1.29 is 4.79 Å². The summed E-state index contributed by atoms with van der Waals surface area (Å²) in [4.78, 5) is 35.8. The topological polar surface area (TPSA) is 71.9 Å². The summed E-state index contributed by atoms with van der Waals surface area (Å²) >= 11 is 3.28. The molecule has 1 heterocycles. The van der Waals surface area contributed by atoms with Gasteiger partial charge in [-0.1, -0.05) is 28.1 Å². The lowest BCUT2D eigenvalue weighted by atomic mass is 10.1. The number of rotatable bonds is 3. The zero-order chi connectivity index (χ0) is 14.9. The molecule has 0 aliphatic rings. The molecule has 0 spiro atoms. The van der Waals surface area contributed by atoms with E-state index in [4.69, 9.17) is 0 Å². The molecular formula is C14H13BrN2O3. The van der Waals surface area contributed by atoms with Gasteiger partial charge >= 0.3 is 0 Å². The Labute approximate surface area is 123 Å². The van der Waals surface area contributed by atoms with Crippen LogP contribution in [0.3, 0.4) is 0 Å². The molecule has 0 saturated carbocycles. The third-order valence-corrected chi connectivity index (χ3v) is 3.65. The number of halogens is 1. The van der Waals surface area contributed by atoms with Crippen LogP contribution in [0.25, 0.3) is 0 Å². The molecule has 0 saturated heterocycles. The van der Waals surface area contributed by atoms with Gasteiger partial charge in [0.1, 0.15) is 6.54 Å².